The van der Waals surface area contributed by atoms with E-state index in [2.05, 4.69) is 51.5 Å². The number of fused-ring (bicyclic) bond motifs is 2. The molecule has 12 heteroatoms. The van der Waals surface area contributed by atoms with Crippen molar-refractivity contribution >= 4 is 40.2 Å². The van der Waals surface area contributed by atoms with Gasteiger partial charge in [-0.2, -0.15) is 0 Å². The minimum Gasteiger partial charge on any atom is -0.481 e. The van der Waals surface area contributed by atoms with Crippen molar-refractivity contribution < 1.29 is 24.2 Å². The second-order valence-corrected chi connectivity index (χ2v) is 14.8. The molecule has 0 fully saturated rings. The van der Waals surface area contributed by atoms with E-state index >= 15 is 0 Å². The number of ketones is 1. The maximum Gasteiger partial charge on any atom is 0.303 e. The zero-order valence-corrected chi connectivity index (χ0v) is 36.3. The first-order valence-corrected chi connectivity index (χ1v) is 21.5. The maximum atomic E-state index is 11.2. The lowest BCUT2D eigenvalue weighted by atomic mass is 10.0. The van der Waals surface area contributed by atoms with Crippen LogP contribution < -0.4 is 16.4 Å². The largest absolute Gasteiger partial charge is 0.481 e. The summed E-state index contributed by atoms with van der Waals surface area (Å²) in [4.78, 5) is 47.6. The molecule has 0 bridgehead atoms. The molecule has 0 radical (unpaired) electrons. The van der Waals surface area contributed by atoms with E-state index in [0.717, 1.165) is 113 Å². The second kappa shape index (κ2) is 31.9. The van der Waals surface area contributed by atoms with E-state index in [1.165, 1.54) is 38.1 Å². The van der Waals surface area contributed by atoms with Gasteiger partial charge in [0.25, 0.3) is 0 Å². The monoisotopic (exact) mass is 794 g/mol. The number of nitrogens with zero attached hydrogens (tertiary/aromatic N) is 4. The normalized spacial score (nSPS) is 12.2. The fraction of sp³-hybridized carbons (Fsp3) is 0.644. The number of anilines is 2. The summed E-state index contributed by atoms with van der Waals surface area (Å²) >= 11 is 0. The van der Waals surface area contributed by atoms with Gasteiger partial charge in [0.15, 0.2) is 0 Å². The Balaban J connectivity index is 0.000000493. The molecule has 1 unspecified atom stereocenters. The number of carbonyl (C=O) groups excluding carboxylic acids is 2. The molecule has 320 valence electrons. The summed E-state index contributed by atoms with van der Waals surface area (Å²) in [6, 6.07) is 12.1. The molecule has 2 aromatic heterocycles. The number of Topliss-reactive ketones (excluding diaryl/α,β-unsaturated/α-hetero) is 1. The topological polar surface area (TPSA) is 173 Å². The number of para-hydroxylation sites is 1. The first kappa shape index (κ1) is 50.9. The summed E-state index contributed by atoms with van der Waals surface area (Å²) in [6.45, 7) is 19.8. The number of carboxylic acid groups (broad SMARTS) is 1. The molecule has 4 rings (SSSR count). The Hall–Kier alpha value is -4.16. The van der Waals surface area contributed by atoms with Crippen LogP contribution in [-0.2, 0) is 32.0 Å². The third-order valence-electron chi connectivity index (χ3n) is 9.40. The van der Waals surface area contributed by atoms with E-state index in [0.29, 0.717) is 30.4 Å². The third kappa shape index (κ3) is 24.3. The molecule has 0 saturated heterocycles. The lowest BCUT2D eigenvalue weighted by Crippen LogP contribution is -2.30. The van der Waals surface area contributed by atoms with E-state index in [4.69, 9.17) is 20.6 Å². The van der Waals surface area contributed by atoms with Crippen molar-refractivity contribution in [2.75, 3.05) is 57.0 Å². The van der Waals surface area contributed by atoms with Crippen molar-refractivity contribution in [1.82, 2.24) is 25.2 Å². The SMILES string of the molecule is CC.CC(=O)NCCCCCC(=O)C(C)C.CCCC(C)COCCN(CCCCc1ccc2c(n1)NCCC2)CCCC(=O)O.Nc1ncnc2ccccc12. The first-order chi connectivity index (χ1) is 27.5. The molecule has 0 spiro atoms. The number of amides is 1. The average Bonchev–Trinajstić information content (AvgIpc) is 3.20. The van der Waals surface area contributed by atoms with Gasteiger partial charge in [-0.05, 0) is 101 Å². The molecular weight excluding hydrogens is 719 g/mol. The van der Waals surface area contributed by atoms with Gasteiger partial charge < -0.3 is 31.1 Å². The van der Waals surface area contributed by atoms with Crippen molar-refractivity contribution in [3.63, 3.8) is 0 Å². The van der Waals surface area contributed by atoms with Crippen LogP contribution in [0.3, 0.4) is 0 Å². The maximum absolute atomic E-state index is 11.2. The number of aryl methyl sites for hydroxylation is 2. The first-order valence-electron chi connectivity index (χ1n) is 21.5. The number of rotatable bonds is 23. The van der Waals surface area contributed by atoms with Crippen LogP contribution in [0.2, 0.25) is 0 Å². The molecule has 0 aliphatic carbocycles. The number of aliphatic carboxylic acids is 1. The van der Waals surface area contributed by atoms with Crippen molar-refractivity contribution in [2.45, 2.75) is 132 Å². The quantitative estimate of drug-likeness (QED) is 0.0678. The number of ether oxygens (including phenoxy) is 1. The number of hydrogen-bond donors (Lipinski definition) is 4. The number of nitrogens with one attached hydrogen (secondary N) is 2. The van der Waals surface area contributed by atoms with E-state index in [1.54, 1.807) is 0 Å². The highest BCUT2D eigenvalue weighted by Gasteiger charge is 2.11. The molecule has 1 amide bonds. The van der Waals surface area contributed by atoms with Crippen molar-refractivity contribution in [1.29, 1.82) is 0 Å². The van der Waals surface area contributed by atoms with Crippen LogP contribution >= 0.6 is 0 Å². The average molecular weight is 794 g/mol. The molecule has 12 nitrogen and oxygen atoms in total. The van der Waals surface area contributed by atoms with Gasteiger partial charge in [-0.1, -0.05) is 72.6 Å². The number of unbranched alkanes of at least 4 members (excludes halogenated alkanes) is 3. The highest BCUT2D eigenvalue weighted by molar-refractivity contribution is 5.87. The van der Waals surface area contributed by atoms with Crippen molar-refractivity contribution in [3.8, 4) is 0 Å². The number of benzene rings is 1. The summed E-state index contributed by atoms with van der Waals surface area (Å²) in [5, 5.41) is 16.0. The fourth-order valence-electron chi connectivity index (χ4n) is 6.17. The van der Waals surface area contributed by atoms with Crippen LogP contribution in [0.4, 0.5) is 11.6 Å². The number of hydrogen-bond acceptors (Lipinski definition) is 10. The summed E-state index contributed by atoms with van der Waals surface area (Å²) < 4.78 is 5.86. The number of pyridine rings is 1. The Bertz CT molecular complexity index is 1530. The zero-order valence-electron chi connectivity index (χ0n) is 36.3. The Labute approximate surface area is 343 Å². The minimum absolute atomic E-state index is 0.0169. The van der Waals surface area contributed by atoms with Gasteiger partial charge in [0.05, 0.1) is 12.1 Å². The van der Waals surface area contributed by atoms with Crippen LogP contribution in [0.15, 0.2) is 42.7 Å². The zero-order chi connectivity index (χ0) is 42.3. The van der Waals surface area contributed by atoms with Crippen molar-refractivity contribution in [2.24, 2.45) is 11.8 Å². The smallest absolute Gasteiger partial charge is 0.303 e. The van der Waals surface area contributed by atoms with Gasteiger partial charge in [0.2, 0.25) is 5.91 Å². The second-order valence-electron chi connectivity index (χ2n) is 14.8. The predicted octanol–water partition coefficient (Wildman–Crippen LogP) is 8.53. The molecule has 5 N–H and O–H groups in total. The molecule has 3 aromatic rings. The molecule has 1 aliphatic heterocycles. The summed E-state index contributed by atoms with van der Waals surface area (Å²) in [5.74, 6) is 2.01. The van der Waals surface area contributed by atoms with Crippen LogP contribution in [0, 0.1) is 11.8 Å². The summed E-state index contributed by atoms with van der Waals surface area (Å²) in [7, 11) is 0. The van der Waals surface area contributed by atoms with E-state index in [1.807, 2.05) is 52.0 Å². The van der Waals surface area contributed by atoms with Gasteiger partial charge in [-0.15, -0.1) is 0 Å². The number of carbonyl (C=O) groups is 3. The van der Waals surface area contributed by atoms with Crippen molar-refractivity contribution in [3.05, 3.63) is 54.0 Å². The van der Waals surface area contributed by atoms with Crippen LogP contribution in [0.25, 0.3) is 10.9 Å². The highest BCUT2D eigenvalue weighted by atomic mass is 16.5. The van der Waals surface area contributed by atoms with E-state index in [9.17, 15) is 14.4 Å². The number of nitrogen functional groups attached to an aromatic ring is 1. The summed E-state index contributed by atoms with van der Waals surface area (Å²) in [6.07, 6.45) is 13.9. The number of carboxylic acids is 1. The van der Waals surface area contributed by atoms with Gasteiger partial charge in [-0.25, -0.2) is 15.0 Å². The summed E-state index contributed by atoms with van der Waals surface area (Å²) in [5.41, 5.74) is 8.99. The number of nitrogens with two attached hydrogens (primary N) is 1. The van der Waals surface area contributed by atoms with E-state index < -0.39 is 5.97 Å². The van der Waals surface area contributed by atoms with Gasteiger partial charge >= 0.3 is 5.97 Å². The molecule has 3 heterocycles. The minimum atomic E-state index is -0.716. The van der Waals surface area contributed by atoms with Gasteiger partial charge in [0, 0.05) is 63.0 Å². The lowest BCUT2D eigenvalue weighted by Gasteiger charge is -2.22. The molecule has 1 aliphatic rings. The lowest BCUT2D eigenvalue weighted by molar-refractivity contribution is -0.137. The van der Waals surface area contributed by atoms with Gasteiger partial charge in [-0.3, -0.25) is 14.4 Å². The van der Waals surface area contributed by atoms with Crippen LogP contribution in [0.1, 0.15) is 130 Å². The number of aromatic nitrogens is 3. The molecule has 0 saturated carbocycles. The molecule has 1 atom stereocenters. The Kier molecular flexibility index (Phi) is 28.4. The van der Waals surface area contributed by atoms with Crippen LogP contribution in [-0.4, -0.2) is 88.6 Å². The Morgan fingerprint density at radius 3 is 2.40 bits per heavy atom. The molecule has 57 heavy (non-hydrogen) atoms. The third-order valence-corrected chi connectivity index (χ3v) is 9.40. The standard InChI is InChI=1S/C24H41N3O3.C11H21NO2.C8H7N3.C2H6/c1-3-8-20(2)19-30-18-17-27(16-7-11-23(28)29)15-5-4-10-22-13-12-21-9-6-14-25-24(21)26-22;1-9(2)11(14)7-5-4-6-8-12-10(3)13;9-8-6-3-1-2-4-7(6)10-5-11-8;1-2/h12-13,20H,3-11,14-19H2,1-2H3,(H,25,26)(H,28,29);9H,4-8H2,1-3H3,(H,12,13);1-5H,(H2,9,10,11);1-2H3. The Morgan fingerprint density at radius 1 is 0.947 bits per heavy atom. The molecular formula is C45H75N7O5. The highest BCUT2D eigenvalue weighted by Crippen LogP contribution is 2.20. The molecule has 1 aromatic carbocycles. The van der Waals surface area contributed by atoms with Gasteiger partial charge in [0.1, 0.15) is 23.7 Å². The Morgan fingerprint density at radius 2 is 1.70 bits per heavy atom. The predicted molar refractivity (Wildman–Crippen MR) is 234 cm³/mol. The van der Waals surface area contributed by atoms with Crippen LogP contribution in [0.5, 0.6) is 0 Å². The fourth-order valence-corrected chi connectivity index (χ4v) is 6.17. The van der Waals surface area contributed by atoms with E-state index in [-0.39, 0.29) is 18.2 Å².